The Morgan fingerprint density at radius 1 is 1.47 bits per heavy atom. The number of aliphatic hydroxyl groups excluding tert-OH is 1. The van der Waals surface area contributed by atoms with Gasteiger partial charge in [-0.1, -0.05) is 13.3 Å². The van der Waals surface area contributed by atoms with E-state index in [2.05, 4.69) is 12.2 Å². The average Bonchev–Trinajstić information content (AvgIpc) is 2.23. The maximum absolute atomic E-state index is 11.3. The van der Waals surface area contributed by atoms with Gasteiger partial charge in [-0.25, -0.2) is 0 Å². The molecule has 1 unspecified atom stereocenters. The number of alkyl halides is 1. The SMILES string of the molecule is CCCC(CCO)CNC(=O)CCCCl. The number of amides is 1. The lowest BCUT2D eigenvalue weighted by molar-refractivity contribution is -0.121. The van der Waals surface area contributed by atoms with Crippen molar-refractivity contribution in [1.29, 1.82) is 0 Å². The number of halogens is 1. The van der Waals surface area contributed by atoms with Crippen LogP contribution in [0.5, 0.6) is 0 Å². The van der Waals surface area contributed by atoms with Gasteiger partial charge in [0.05, 0.1) is 0 Å². The molecule has 0 heterocycles. The first-order valence-electron chi connectivity index (χ1n) is 5.68. The van der Waals surface area contributed by atoms with E-state index < -0.39 is 0 Å². The molecule has 0 spiro atoms. The van der Waals surface area contributed by atoms with Crippen LogP contribution in [0, 0.1) is 5.92 Å². The average molecular weight is 236 g/mol. The summed E-state index contributed by atoms with van der Waals surface area (Å²) in [6, 6.07) is 0. The highest BCUT2D eigenvalue weighted by Crippen LogP contribution is 2.09. The Morgan fingerprint density at radius 3 is 2.73 bits per heavy atom. The topological polar surface area (TPSA) is 49.3 Å². The number of hydrogen-bond acceptors (Lipinski definition) is 2. The summed E-state index contributed by atoms with van der Waals surface area (Å²) in [5.41, 5.74) is 0. The van der Waals surface area contributed by atoms with Crippen LogP contribution in [0.3, 0.4) is 0 Å². The zero-order chi connectivity index (χ0) is 11.5. The molecule has 4 heteroatoms. The molecule has 1 atom stereocenters. The van der Waals surface area contributed by atoms with Crippen molar-refractivity contribution in [2.24, 2.45) is 5.92 Å². The van der Waals surface area contributed by atoms with E-state index in [0.29, 0.717) is 24.8 Å². The largest absolute Gasteiger partial charge is 0.396 e. The standard InChI is InChI=1S/C11H22ClNO2/c1-2-4-10(6-8-14)9-13-11(15)5-3-7-12/h10,14H,2-9H2,1H3,(H,13,15). The van der Waals surface area contributed by atoms with Gasteiger partial charge in [-0.2, -0.15) is 0 Å². The minimum atomic E-state index is 0.0645. The molecule has 15 heavy (non-hydrogen) atoms. The molecule has 0 aliphatic rings. The minimum absolute atomic E-state index is 0.0645. The van der Waals surface area contributed by atoms with Gasteiger partial charge in [0.1, 0.15) is 0 Å². The third kappa shape index (κ3) is 8.70. The first-order chi connectivity index (χ1) is 7.24. The summed E-state index contributed by atoms with van der Waals surface area (Å²) in [5, 5.41) is 11.7. The molecule has 0 saturated carbocycles. The van der Waals surface area contributed by atoms with Crippen LogP contribution >= 0.6 is 11.6 Å². The van der Waals surface area contributed by atoms with E-state index in [1.165, 1.54) is 0 Å². The molecule has 0 bridgehead atoms. The number of rotatable bonds is 9. The fraction of sp³-hybridized carbons (Fsp3) is 0.909. The molecule has 0 aromatic heterocycles. The highest BCUT2D eigenvalue weighted by Gasteiger charge is 2.08. The van der Waals surface area contributed by atoms with Gasteiger partial charge in [0.15, 0.2) is 0 Å². The molecule has 0 fully saturated rings. The highest BCUT2D eigenvalue weighted by molar-refractivity contribution is 6.17. The highest BCUT2D eigenvalue weighted by atomic mass is 35.5. The van der Waals surface area contributed by atoms with Crippen LogP contribution < -0.4 is 5.32 Å². The molecule has 1 amide bonds. The van der Waals surface area contributed by atoms with E-state index in [4.69, 9.17) is 16.7 Å². The van der Waals surface area contributed by atoms with Crippen LogP contribution in [0.1, 0.15) is 39.0 Å². The second-order valence-electron chi connectivity index (χ2n) is 3.76. The van der Waals surface area contributed by atoms with Gasteiger partial charge in [-0.15, -0.1) is 11.6 Å². The molecule has 0 aliphatic heterocycles. The van der Waals surface area contributed by atoms with Crippen molar-refractivity contribution in [3.8, 4) is 0 Å². The fourth-order valence-electron chi connectivity index (χ4n) is 1.51. The quantitative estimate of drug-likeness (QED) is 0.600. The van der Waals surface area contributed by atoms with E-state index in [1.807, 2.05) is 0 Å². The molecular formula is C11H22ClNO2. The molecular weight excluding hydrogens is 214 g/mol. The summed E-state index contributed by atoms with van der Waals surface area (Å²) in [7, 11) is 0. The molecule has 90 valence electrons. The molecule has 0 aliphatic carbocycles. The molecule has 3 nitrogen and oxygen atoms in total. The summed E-state index contributed by atoms with van der Waals surface area (Å²) >= 11 is 5.49. The number of nitrogens with one attached hydrogen (secondary N) is 1. The minimum Gasteiger partial charge on any atom is -0.396 e. The third-order valence-electron chi connectivity index (χ3n) is 2.36. The Morgan fingerprint density at radius 2 is 2.20 bits per heavy atom. The Bertz CT molecular complexity index is 159. The summed E-state index contributed by atoms with van der Waals surface area (Å²) in [6.07, 6.45) is 4.13. The molecule has 0 radical (unpaired) electrons. The van der Waals surface area contributed by atoms with Crippen LogP contribution in [0.4, 0.5) is 0 Å². The predicted octanol–water partition coefficient (Wildman–Crippen LogP) is 1.92. The van der Waals surface area contributed by atoms with E-state index in [0.717, 1.165) is 25.7 Å². The summed E-state index contributed by atoms with van der Waals surface area (Å²) in [5.74, 6) is 0.997. The maximum atomic E-state index is 11.3. The van der Waals surface area contributed by atoms with E-state index in [9.17, 15) is 4.79 Å². The normalized spacial score (nSPS) is 12.5. The van der Waals surface area contributed by atoms with Crippen molar-refractivity contribution in [2.45, 2.75) is 39.0 Å². The van der Waals surface area contributed by atoms with Gasteiger partial charge >= 0.3 is 0 Å². The predicted molar refractivity (Wildman–Crippen MR) is 63.1 cm³/mol. The number of carbonyl (C=O) groups excluding carboxylic acids is 1. The van der Waals surface area contributed by atoms with Crippen LogP contribution in [0.25, 0.3) is 0 Å². The Hall–Kier alpha value is -0.280. The monoisotopic (exact) mass is 235 g/mol. The molecule has 0 saturated heterocycles. The van der Waals surface area contributed by atoms with Gasteiger partial charge in [0, 0.05) is 25.5 Å². The smallest absolute Gasteiger partial charge is 0.220 e. The summed E-state index contributed by atoms with van der Waals surface area (Å²) in [4.78, 5) is 11.3. The Kier molecular flexibility index (Phi) is 10.1. The van der Waals surface area contributed by atoms with Crippen LogP contribution in [-0.2, 0) is 4.79 Å². The number of carbonyl (C=O) groups is 1. The van der Waals surface area contributed by atoms with Crippen molar-refractivity contribution in [2.75, 3.05) is 19.0 Å². The van der Waals surface area contributed by atoms with Gasteiger partial charge in [-0.3, -0.25) is 4.79 Å². The van der Waals surface area contributed by atoms with Gasteiger partial charge < -0.3 is 10.4 Å². The summed E-state index contributed by atoms with van der Waals surface area (Å²) < 4.78 is 0. The Labute approximate surface area is 97.2 Å². The Balaban J connectivity index is 3.62. The van der Waals surface area contributed by atoms with Crippen LogP contribution in [0.2, 0.25) is 0 Å². The fourth-order valence-corrected chi connectivity index (χ4v) is 1.65. The molecule has 0 rings (SSSR count). The summed E-state index contributed by atoms with van der Waals surface area (Å²) in [6.45, 7) is 2.98. The molecule has 2 N–H and O–H groups in total. The molecule has 0 aromatic rings. The third-order valence-corrected chi connectivity index (χ3v) is 2.63. The van der Waals surface area contributed by atoms with Crippen molar-refractivity contribution in [3.05, 3.63) is 0 Å². The van der Waals surface area contributed by atoms with Gasteiger partial charge in [-0.05, 0) is 25.2 Å². The van der Waals surface area contributed by atoms with Gasteiger partial charge in [0.2, 0.25) is 5.91 Å². The second-order valence-corrected chi connectivity index (χ2v) is 4.14. The van der Waals surface area contributed by atoms with E-state index >= 15 is 0 Å². The van der Waals surface area contributed by atoms with E-state index in [1.54, 1.807) is 0 Å². The first-order valence-corrected chi connectivity index (χ1v) is 6.21. The zero-order valence-electron chi connectivity index (χ0n) is 9.47. The first kappa shape index (κ1) is 14.7. The van der Waals surface area contributed by atoms with Crippen molar-refractivity contribution in [3.63, 3.8) is 0 Å². The lowest BCUT2D eigenvalue weighted by Gasteiger charge is -2.15. The van der Waals surface area contributed by atoms with Crippen molar-refractivity contribution in [1.82, 2.24) is 5.32 Å². The lowest BCUT2D eigenvalue weighted by Crippen LogP contribution is -2.29. The van der Waals surface area contributed by atoms with Crippen LogP contribution in [-0.4, -0.2) is 30.0 Å². The van der Waals surface area contributed by atoms with Crippen molar-refractivity contribution < 1.29 is 9.90 Å². The maximum Gasteiger partial charge on any atom is 0.220 e. The number of aliphatic hydroxyl groups is 1. The van der Waals surface area contributed by atoms with Crippen LogP contribution in [0.15, 0.2) is 0 Å². The molecule has 0 aromatic carbocycles. The van der Waals surface area contributed by atoms with E-state index in [-0.39, 0.29) is 12.5 Å². The van der Waals surface area contributed by atoms with Gasteiger partial charge in [0.25, 0.3) is 0 Å². The number of hydrogen-bond donors (Lipinski definition) is 2. The second kappa shape index (κ2) is 10.2. The lowest BCUT2D eigenvalue weighted by atomic mass is 10.0. The zero-order valence-corrected chi connectivity index (χ0v) is 10.2. The van der Waals surface area contributed by atoms with Crippen molar-refractivity contribution >= 4 is 17.5 Å².